The number of ether oxygens (including phenoxy) is 1. The molecule has 0 fully saturated rings. The minimum absolute atomic E-state index is 0.0513. The molecule has 0 radical (unpaired) electrons. The number of rotatable bonds is 3. The van der Waals surface area contributed by atoms with Gasteiger partial charge in [-0.15, -0.1) is 0 Å². The SMILES string of the molecule is COc1ccc(Cn2c(N)nc3c(F)cc(F)cc32)cn1. The van der Waals surface area contributed by atoms with Gasteiger partial charge < -0.3 is 15.0 Å². The van der Waals surface area contributed by atoms with Crippen molar-refractivity contribution in [2.45, 2.75) is 6.54 Å². The van der Waals surface area contributed by atoms with Crippen LogP contribution >= 0.6 is 0 Å². The van der Waals surface area contributed by atoms with E-state index in [1.807, 2.05) is 0 Å². The minimum Gasteiger partial charge on any atom is -0.481 e. The molecule has 0 atom stereocenters. The monoisotopic (exact) mass is 290 g/mol. The predicted octanol–water partition coefficient (Wildman–Crippen LogP) is 2.35. The molecule has 108 valence electrons. The fraction of sp³-hybridized carbons (Fsp3) is 0.143. The molecule has 2 heterocycles. The summed E-state index contributed by atoms with van der Waals surface area (Å²) in [7, 11) is 1.52. The van der Waals surface area contributed by atoms with Crippen LogP contribution in [0.15, 0.2) is 30.5 Å². The maximum Gasteiger partial charge on any atom is 0.212 e. The first-order valence-corrected chi connectivity index (χ1v) is 6.18. The fourth-order valence-electron chi connectivity index (χ4n) is 2.14. The van der Waals surface area contributed by atoms with Crippen molar-refractivity contribution in [1.82, 2.24) is 14.5 Å². The van der Waals surface area contributed by atoms with Gasteiger partial charge >= 0.3 is 0 Å². The van der Waals surface area contributed by atoms with Gasteiger partial charge in [0.25, 0.3) is 0 Å². The lowest BCUT2D eigenvalue weighted by molar-refractivity contribution is 0.397. The molecule has 0 aliphatic heterocycles. The maximum atomic E-state index is 13.7. The van der Waals surface area contributed by atoms with Gasteiger partial charge in [0, 0.05) is 24.4 Å². The number of hydrogen-bond acceptors (Lipinski definition) is 4. The van der Waals surface area contributed by atoms with Gasteiger partial charge in [-0.2, -0.15) is 0 Å². The molecule has 5 nitrogen and oxygen atoms in total. The van der Waals surface area contributed by atoms with Crippen molar-refractivity contribution in [2.24, 2.45) is 0 Å². The van der Waals surface area contributed by atoms with Crippen LogP contribution in [-0.2, 0) is 6.54 Å². The van der Waals surface area contributed by atoms with Crippen LogP contribution in [0.4, 0.5) is 14.7 Å². The zero-order valence-electron chi connectivity index (χ0n) is 11.2. The Morgan fingerprint density at radius 2 is 2.10 bits per heavy atom. The van der Waals surface area contributed by atoms with Crippen LogP contribution in [0.5, 0.6) is 5.88 Å². The molecule has 21 heavy (non-hydrogen) atoms. The molecule has 0 aliphatic rings. The Bertz CT molecular complexity index is 799. The van der Waals surface area contributed by atoms with E-state index in [-0.39, 0.29) is 11.5 Å². The average molecular weight is 290 g/mol. The second kappa shape index (κ2) is 5.01. The van der Waals surface area contributed by atoms with Gasteiger partial charge in [0.05, 0.1) is 19.2 Å². The van der Waals surface area contributed by atoms with Crippen LogP contribution in [0.2, 0.25) is 0 Å². The van der Waals surface area contributed by atoms with E-state index in [4.69, 9.17) is 10.5 Å². The Morgan fingerprint density at radius 3 is 2.76 bits per heavy atom. The molecular formula is C14H12F2N4O. The number of nitrogens with zero attached hydrogens (tertiary/aromatic N) is 3. The zero-order valence-corrected chi connectivity index (χ0v) is 11.2. The average Bonchev–Trinajstić information content (AvgIpc) is 2.77. The standard InChI is InChI=1S/C14H12F2N4O/c1-21-12-3-2-8(6-18-12)7-20-11-5-9(15)4-10(16)13(11)19-14(20)17/h2-6H,7H2,1H3,(H2,17,19). The highest BCUT2D eigenvalue weighted by Gasteiger charge is 2.14. The molecule has 1 aromatic carbocycles. The highest BCUT2D eigenvalue weighted by molar-refractivity contribution is 5.79. The van der Waals surface area contributed by atoms with E-state index in [0.29, 0.717) is 17.9 Å². The van der Waals surface area contributed by atoms with Crippen molar-refractivity contribution >= 4 is 17.0 Å². The number of pyridine rings is 1. The van der Waals surface area contributed by atoms with Crippen LogP contribution in [0.3, 0.4) is 0 Å². The van der Waals surface area contributed by atoms with Gasteiger partial charge in [0.2, 0.25) is 11.8 Å². The third-order valence-corrected chi connectivity index (χ3v) is 3.15. The molecule has 0 spiro atoms. The molecule has 0 aliphatic carbocycles. The molecule has 0 amide bonds. The lowest BCUT2D eigenvalue weighted by atomic mass is 10.2. The molecule has 2 aromatic heterocycles. The lowest BCUT2D eigenvalue weighted by Gasteiger charge is -2.07. The topological polar surface area (TPSA) is 66.0 Å². The Balaban J connectivity index is 2.05. The van der Waals surface area contributed by atoms with E-state index in [1.54, 1.807) is 18.3 Å². The fourth-order valence-corrected chi connectivity index (χ4v) is 2.14. The van der Waals surface area contributed by atoms with Gasteiger partial charge in [-0.1, -0.05) is 6.07 Å². The zero-order chi connectivity index (χ0) is 15.0. The number of halogens is 2. The normalized spacial score (nSPS) is 11.0. The number of hydrogen-bond donors (Lipinski definition) is 1. The summed E-state index contributed by atoms with van der Waals surface area (Å²) < 4.78 is 33.6. The van der Waals surface area contributed by atoms with Crippen LogP contribution in [0.1, 0.15) is 5.56 Å². The molecule has 2 N–H and O–H groups in total. The number of nitrogens with two attached hydrogens (primary N) is 1. The second-order valence-corrected chi connectivity index (χ2v) is 4.52. The summed E-state index contributed by atoms with van der Waals surface area (Å²) in [6.07, 6.45) is 1.61. The molecule has 3 aromatic rings. The number of fused-ring (bicyclic) bond motifs is 1. The molecule has 0 saturated heterocycles. The van der Waals surface area contributed by atoms with Crippen molar-refractivity contribution in [3.05, 3.63) is 47.7 Å². The highest BCUT2D eigenvalue weighted by atomic mass is 19.1. The number of anilines is 1. The number of benzene rings is 1. The number of nitrogen functional groups attached to an aromatic ring is 1. The summed E-state index contributed by atoms with van der Waals surface area (Å²) in [6, 6.07) is 5.49. The minimum atomic E-state index is -0.733. The van der Waals surface area contributed by atoms with E-state index < -0.39 is 11.6 Å². The number of aromatic nitrogens is 3. The van der Waals surface area contributed by atoms with E-state index in [2.05, 4.69) is 9.97 Å². The number of imidazole rings is 1. The van der Waals surface area contributed by atoms with E-state index in [0.717, 1.165) is 11.6 Å². The van der Waals surface area contributed by atoms with Crippen molar-refractivity contribution in [3.63, 3.8) is 0 Å². The first-order chi connectivity index (χ1) is 10.1. The maximum absolute atomic E-state index is 13.7. The van der Waals surface area contributed by atoms with Gasteiger partial charge in [-0.3, -0.25) is 0 Å². The quantitative estimate of drug-likeness (QED) is 0.804. The smallest absolute Gasteiger partial charge is 0.212 e. The van der Waals surface area contributed by atoms with Crippen LogP contribution in [0.25, 0.3) is 11.0 Å². The Morgan fingerprint density at radius 1 is 1.29 bits per heavy atom. The van der Waals surface area contributed by atoms with Crippen molar-refractivity contribution in [1.29, 1.82) is 0 Å². The van der Waals surface area contributed by atoms with E-state index in [1.165, 1.54) is 17.7 Å². The number of methoxy groups -OCH3 is 1. The first-order valence-electron chi connectivity index (χ1n) is 6.18. The Kier molecular flexibility index (Phi) is 3.17. The molecule has 0 bridgehead atoms. The van der Waals surface area contributed by atoms with Gasteiger partial charge in [-0.05, 0) is 5.56 Å². The van der Waals surface area contributed by atoms with Gasteiger partial charge in [-0.25, -0.2) is 18.7 Å². The summed E-state index contributed by atoms with van der Waals surface area (Å²) >= 11 is 0. The van der Waals surface area contributed by atoms with Crippen LogP contribution in [0, 0.1) is 11.6 Å². The Hall–Kier alpha value is -2.70. The highest BCUT2D eigenvalue weighted by Crippen LogP contribution is 2.23. The summed E-state index contributed by atoms with van der Waals surface area (Å²) in [5.74, 6) is -0.804. The summed E-state index contributed by atoms with van der Waals surface area (Å²) in [4.78, 5) is 8.02. The summed E-state index contributed by atoms with van der Waals surface area (Å²) in [6.45, 7) is 0.308. The molecule has 3 rings (SSSR count). The van der Waals surface area contributed by atoms with Crippen molar-refractivity contribution < 1.29 is 13.5 Å². The largest absolute Gasteiger partial charge is 0.481 e. The predicted molar refractivity (Wildman–Crippen MR) is 74.0 cm³/mol. The molecule has 0 unspecified atom stereocenters. The van der Waals surface area contributed by atoms with Crippen molar-refractivity contribution in [2.75, 3.05) is 12.8 Å². The van der Waals surface area contributed by atoms with Gasteiger partial charge in [0.15, 0.2) is 5.82 Å². The first kappa shape index (κ1) is 13.3. The molecule has 7 heteroatoms. The Labute approximate surface area is 119 Å². The van der Waals surface area contributed by atoms with Crippen molar-refractivity contribution in [3.8, 4) is 5.88 Å². The van der Waals surface area contributed by atoms with Gasteiger partial charge in [0.1, 0.15) is 11.3 Å². The third kappa shape index (κ3) is 2.37. The third-order valence-electron chi connectivity index (χ3n) is 3.15. The summed E-state index contributed by atoms with van der Waals surface area (Å²) in [5, 5.41) is 0. The lowest BCUT2D eigenvalue weighted by Crippen LogP contribution is -2.05. The molecule has 0 saturated carbocycles. The molecular weight excluding hydrogens is 278 g/mol. The van der Waals surface area contributed by atoms with Crippen LogP contribution < -0.4 is 10.5 Å². The van der Waals surface area contributed by atoms with E-state index >= 15 is 0 Å². The summed E-state index contributed by atoms with van der Waals surface area (Å²) in [5.41, 5.74) is 6.96. The van der Waals surface area contributed by atoms with Crippen LogP contribution in [-0.4, -0.2) is 21.6 Å². The van der Waals surface area contributed by atoms with E-state index in [9.17, 15) is 8.78 Å². The second-order valence-electron chi connectivity index (χ2n) is 4.52.